The standard InChI is InChI=1S/C18H14N4O4/c23-16-11-25-17-13(3-1-4-14(17)21-16)18(24)26-10-12-5-6-15(19-9-12)22-8-2-7-20-22/h1-9H,10-11H2,(H,21,23). The molecule has 1 aliphatic rings. The summed E-state index contributed by atoms with van der Waals surface area (Å²) < 4.78 is 12.3. The second-order valence-electron chi connectivity index (χ2n) is 5.57. The second kappa shape index (κ2) is 6.67. The number of hydrogen-bond acceptors (Lipinski definition) is 6. The fourth-order valence-electron chi connectivity index (χ4n) is 2.54. The average molecular weight is 350 g/mol. The number of pyridine rings is 1. The molecule has 0 radical (unpaired) electrons. The zero-order valence-electron chi connectivity index (χ0n) is 13.6. The maximum absolute atomic E-state index is 12.4. The molecule has 130 valence electrons. The number of aromatic nitrogens is 3. The fourth-order valence-corrected chi connectivity index (χ4v) is 2.54. The van der Waals surface area contributed by atoms with Crippen molar-refractivity contribution in [3.05, 3.63) is 66.1 Å². The summed E-state index contributed by atoms with van der Waals surface area (Å²) in [5.74, 6) is 0.205. The minimum Gasteiger partial charge on any atom is -0.481 e. The molecule has 0 atom stereocenters. The van der Waals surface area contributed by atoms with Crippen LogP contribution in [0.5, 0.6) is 5.75 Å². The normalized spacial score (nSPS) is 12.7. The number of anilines is 1. The summed E-state index contributed by atoms with van der Waals surface area (Å²) in [7, 11) is 0. The molecule has 26 heavy (non-hydrogen) atoms. The van der Waals surface area contributed by atoms with Gasteiger partial charge in [-0.2, -0.15) is 5.10 Å². The minimum absolute atomic E-state index is 0.0707. The molecule has 4 rings (SSSR count). The Balaban J connectivity index is 1.45. The third kappa shape index (κ3) is 3.12. The number of carbonyl (C=O) groups excluding carboxylic acids is 2. The van der Waals surface area contributed by atoms with E-state index in [4.69, 9.17) is 9.47 Å². The van der Waals surface area contributed by atoms with E-state index in [1.165, 1.54) is 0 Å². The first kappa shape index (κ1) is 15.8. The maximum Gasteiger partial charge on any atom is 0.342 e. The van der Waals surface area contributed by atoms with Crippen molar-refractivity contribution in [2.75, 3.05) is 11.9 Å². The molecule has 0 bridgehead atoms. The highest BCUT2D eigenvalue weighted by atomic mass is 16.5. The molecule has 0 saturated heterocycles. The smallest absolute Gasteiger partial charge is 0.342 e. The number of para-hydroxylation sites is 1. The Morgan fingerprint density at radius 2 is 2.19 bits per heavy atom. The van der Waals surface area contributed by atoms with Crippen LogP contribution in [0, 0.1) is 0 Å². The van der Waals surface area contributed by atoms with E-state index in [0.717, 1.165) is 5.56 Å². The van der Waals surface area contributed by atoms with Crippen molar-refractivity contribution in [1.29, 1.82) is 0 Å². The van der Waals surface area contributed by atoms with Crippen molar-refractivity contribution in [2.24, 2.45) is 0 Å². The lowest BCUT2D eigenvalue weighted by Crippen LogP contribution is -2.26. The van der Waals surface area contributed by atoms with Gasteiger partial charge in [0.1, 0.15) is 12.2 Å². The molecule has 0 saturated carbocycles. The number of nitrogens with zero attached hydrogens (tertiary/aromatic N) is 3. The zero-order valence-corrected chi connectivity index (χ0v) is 13.6. The lowest BCUT2D eigenvalue weighted by molar-refractivity contribution is -0.118. The summed E-state index contributed by atoms with van der Waals surface area (Å²) in [5, 5.41) is 6.76. The van der Waals surface area contributed by atoms with Crippen LogP contribution in [-0.4, -0.2) is 33.2 Å². The van der Waals surface area contributed by atoms with E-state index < -0.39 is 5.97 Å². The van der Waals surface area contributed by atoms with Crippen molar-refractivity contribution in [3.8, 4) is 11.6 Å². The number of amides is 1. The van der Waals surface area contributed by atoms with E-state index >= 15 is 0 Å². The number of esters is 1. The van der Waals surface area contributed by atoms with Gasteiger partial charge in [0.25, 0.3) is 5.91 Å². The number of hydrogen-bond donors (Lipinski definition) is 1. The highest BCUT2D eigenvalue weighted by molar-refractivity contribution is 6.01. The average Bonchev–Trinajstić information content (AvgIpc) is 3.20. The molecule has 0 aliphatic carbocycles. The van der Waals surface area contributed by atoms with Gasteiger partial charge in [-0.25, -0.2) is 14.5 Å². The number of benzene rings is 1. The van der Waals surface area contributed by atoms with Crippen LogP contribution in [0.15, 0.2) is 55.0 Å². The molecule has 3 aromatic rings. The molecule has 3 heterocycles. The van der Waals surface area contributed by atoms with Crippen molar-refractivity contribution in [3.63, 3.8) is 0 Å². The summed E-state index contributed by atoms with van der Waals surface area (Å²) in [6.07, 6.45) is 5.09. The van der Waals surface area contributed by atoms with E-state index in [1.54, 1.807) is 47.5 Å². The topological polar surface area (TPSA) is 95.3 Å². The first-order chi connectivity index (χ1) is 12.7. The van der Waals surface area contributed by atoms with Gasteiger partial charge in [-0.15, -0.1) is 0 Å². The van der Waals surface area contributed by atoms with Gasteiger partial charge in [0, 0.05) is 24.2 Å². The number of carbonyl (C=O) groups is 2. The lowest BCUT2D eigenvalue weighted by atomic mass is 10.1. The molecule has 0 fully saturated rings. The summed E-state index contributed by atoms with van der Waals surface area (Å²) in [6, 6.07) is 10.3. The number of rotatable bonds is 4. The second-order valence-corrected chi connectivity index (χ2v) is 5.57. The van der Waals surface area contributed by atoms with Crippen LogP contribution in [0.25, 0.3) is 5.82 Å². The molecule has 0 spiro atoms. The molecule has 1 N–H and O–H groups in total. The van der Waals surface area contributed by atoms with Gasteiger partial charge >= 0.3 is 5.97 Å². The fraction of sp³-hybridized carbons (Fsp3) is 0.111. The summed E-state index contributed by atoms with van der Waals surface area (Å²) in [4.78, 5) is 28.0. The Hall–Kier alpha value is -3.68. The van der Waals surface area contributed by atoms with Crippen molar-refractivity contribution >= 4 is 17.6 Å². The first-order valence-electron chi connectivity index (χ1n) is 7.88. The van der Waals surface area contributed by atoms with Crippen LogP contribution in [0.2, 0.25) is 0 Å². The SMILES string of the molecule is O=C1COc2c(cccc2C(=O)OCc2ccc(-n3cccn3)nc2)N1. The van der Waals surface area contributed by atoms with Gasteiger partial charge in [0.2, 0.25) is 0 Å². The van der Waals surface area contributed by atoms with Gasteiger partial charge in [0.05, 0.1) is 5.69 Å². The lowest BCUT2D eigenvalue weighted by Gasteiger charge is -2.19. The number of nitrogens with one attached hydrogen (secondary N) is 1. The Labute approximate surface area is 148 Å². The van der Waals surface area contributed by atoms with Crippen LogP contribution < -0.4 is 10.1 Å². The van der Waals surface area contributed by atoms with E-state index in [0.29, 0.717) is 17.3 Å². The van der Waals surface area contributed by atoms with Gasteiger partial charge in [-0.1, -0.05) is 12.1 Å². The molecule has 0 unspecified atom stereocenters. The van der Waals surface area contributed by atoms with E-state index in [9.17, 15) is 9.59 Å². The zero-order chi connectivity index (χ0) is 17.9. The van der Waals surface area contributed by atoms with Gasteiger partial charge in [-0.3, -0.25) is 4.79 Å². The monoisotopic (exact) mass is 350 g/mol. The number of fused-ring (bicyclic) bond motifs is 1. The van der Waals surface area contributed by atoms with Crippen LogP contribution in [0.3, 0.4) is 0 Å². The van der Waals surface area contributed by atoms with Gasteiger partial charge in [-0.05, 0) is 24.3 Å². The minimum atomic E-state index is -0.533. The van der Waals surface area contributed by atoms with Gasteiger partial charge < -0.3 is 14.8 Å². The van der Waals surface area contributed by atoms with Crippen LogP contribution in [0.1, 0.15) is 15.9 Å². The molecule has 8 heteroatoms. The molecular formula is C18H14N4O4. The largest absolute Gasteiger partial charge is 0.481 e. The van der Waals surface area contributed by atoms with Crippen molar-refractivity contribution < 1.29 is 19.1 Å². The first-order valence-corrected chi connectivity index (χ1v) is 7.88. The quantitative estimate of drug-likeness (QED) is 0.723. The molecule has 1 aliphatic heterocycles. The number of ether oxygens (including phenoxy) is 2. The third-order valence-corrected chi connectivity index (χ3v) is 3.77. The Morgan fingerprint density at radius 1 is 1.27 bits per heavy atom. The predicted octanol–water partition coefficient (Wildman–Crippen LogP) is 1.96. The predicted molar refractivity (Wildman–Crippen MR) is 91.0 cm³/mol. The maximum atomic E-state index is 12.4. The van der Waals surface area contributed by atoms with E-state index in [-0.39, 0.29) is 24.7 Å². The highest BCUT2D eigenvalue weighted by Crippen LogP contribution is 2.32. The van der Waals surface area contributed by atoms with Crippen LogP contribution in [-0.2, 0) is 16.1 Å². The molecule has 1 aromatic carbocycles. The van der Waals surface area contributed by atoms with Crippen molar-refractivity contribution in [1.82, 2.24) is 14.8 Å². The van der Waals surface area contributed by atoms with Crippen molar-refractivity contribution in [2.45, 2.75) is 6.61 Å². The molecule has 8 nitrogen and oxygen atoms in total. The summed E-state index contributed by atoms with van der Waals surface area (Å²) in [6.45, 7) is -0.0582. The van der Waals surface area contributed by atoms with Gasteiger partial charge in [0.15, 0.2) is 18.2 Å². The summed E-state index contributed by atoms with van der Waals surface area (Å²) >= 11 is 0. The molecule has 2 aromatic heterocycles. The Kier molecular flexibility index (Phi) is 4.06. The Bertz CT molecular complexity index is 952. The highest BCUT2D eigenvalue weighted by Gasteiger charge is 2.23. The van der Waals surface area contributed by atoms with E-state index in [1.807, 2.05) is 12.1 Å². The van der Waals surface area contributed by atoms with Crippen LogP contribution in [0.4, 0.5) is 5.69 Å². The van der Waals surface area contributed by atoms with Crippen LogP contribution >= 0.6 is 0 Å². The Morgan fingerprint density at radius 3 is 2.96 bits per heavy atom. The molecular weight excluding hydrogens is 336 g/mol. The molecule has 1 amide bonds. The van der Waals surface area contributed by atoms with E-state index in [2.05, 4.69) is 15.4 Å². The summed E-state index contributed by atoms with van der Waals surface area (Å²) in [5.41, 5.74) is 1.47. The third-order valence-electron chi connectivity index (χ3n) is 3.77.